The molecule has 5 aromatic carbocycles. The Morgan fingerprint density at radius 3 is 1.83 bits per heavy atom. The maximum absolute atomic E-state index is 11.7. The zero-order valence-electron chi connectivity index (χ0n) is 53.4. The third kappa shape index (κ3) is 19.2. The molecule has 0 aromatic heterocycles. The number of rotatable bonds is 25. The quantitative estimate of drug-likeness (QED) is 0.0191. The van der Waals surface area contributed by atoms with Crippen molar-refractivity contribution in [3.8, 4) is 77.3 Å². The molecule has 1 aliphatic carbocycles. The van der Waals surface area contributed by atoms with Gasteiger partial charge in [0, 0.05) is 72.0 Å². The Balaban J connectivity index is 0.000000842. The van der Waals surface area contributed by atoms with Crippen LogP contribution in [-0.2, 0) is 20.9 Å². The second kappa shape index (κ2) is 35.8. The smallest absolute Gasteiger partial charge is 0.748 e. The van der Waals surface area contributed by atoms with Crippen LogP contribution in [0.5, 0.6) is 5.75 Å². The van der Waals surface area contributed by atoms with Crippen LogP contribution in [-0.4, -0.2) is 55.2 Å². The molecular formula is C79H91N3NaO4S+. The van der Waals surface area contributed by atoms with Crippen molar-refractivity contribution >= 4 is 54.4 Å². The maximum Gasteiger partial charge on any atom is 1.00 e. The molecule has 0 saturated heterocycles. The summed E-state index contributed by atoms with van der Waals surface area (Å²) in [5, 5.41) is 5.02. The van der Waals surface area contributed by atoms with Gasteiger partial charge in [-0.1, -0.05) is 160 Å². The molecule has 0 N–H and O–H groups in total. The van der Waals surface area contributed by atoms with Crippen molar-refractivity contribution in [2.24, 2.45) is 0 Å². The van der Waals surface area contributed by atoms with Gasteiger partial charge in [0.1, 0.15) is 18.1 Å². The number of benzene rings is 5. The van der Waals surface area contributed by atoms with E-state index in [1.807, 2.05) is 0 Å². The molecule has 0 radical (unpaired) electrons. The van der Waals surface area contributed by atoms with Crippen molar-refractivity contribution in [3.05, 3.63) is 155 Å². The summed E-state index contributed by atoms with van der Waals surface area (Å²) in [5.74, 6) is 28.3. The van der Waals surface area contributed by atoms with Gasteiger partial charge in [0.15, 0.2) is 5.71 Å². The van der Waals surface area contributed by atoms with Gasteiger partial charge in [-0.2, -0.15) is 4.58 Å². The molecule has 7 nitrogen and oxygen atoms in total. The Bertz CT molecular complexity index is 3850. The normalized spacial score (nSPS) is 15.1. The van der Waals surface area contributed by atoms with Gasteiger partial charge in [0.2, 0.25) is 5.69 Å². The molecule has 2 aliphatic heterocycles. The Morgan fingerprint density at radius 2 is 1.23 bits per heavy atom. The minimum absolute atomic E-state index is 0. The van der Waals surface area contributed by atoms with E-state index in [-0.39, 0.29) is 53.6 Å². The van der Waals surface area contributed by atoms with Crippen molar-refractivity contribution in [2.45, 2.75) is 176 Å². The van der Waals surface area contributed by atoms with Gasteiger partial charge in [-0.25, -0.2) is 8.42 Å². The third-order valence-electron chi connectivity index (χ3n) is 16.6. The van der Waals surface area contributed by atoms with E-state index in [0.717, 1.165) is 73.8 Å². The summed E-state index contributed by atoms with van der Waals surface area (Å²) in [6.07, 6.45) is 31.4. The summed E-state index contributed by atoms with van der Waals surface area (Å²) in [5.41, 5.74) is 10.6. The van der Waals surface area contributed by atoms with E-state index in [0.29, 0.717) is 19.4 Å². The fraction of sp³-hybridized carbons (Fsp3) is 0.405. The van der Waals surface area contributed by atoms with Gasteiger partial charge in [-0.05, 0) is 212 Å². The Hall–Kier alpha value is -7.08. The first-order chi connectivity index (χ1) is 41.7. The zero-order chi connectivity index (χ0) is 61.4. The minimum Gasteiger partial charge on any atom is -0.748 e. The monoisotopic (exact) mass is 1200 g/mol. The average Bonchev–Trinajstić information content (AvgIpc) is 1.80. The van der Waals surface area contributed by atoms with Crippen LogP contribution in [0.4, 0.5) is 17.1 Å². The summed E-state index contributed by atoms with van der Waals surface area (Å²) in [4.78, 5) is 5.18. The number of allylic oxidation sites excluding steroid dienone is 7. The van der Waals surface area contributed by atoms with E-state index in [9.17, 15) is 13.0 Å². The summed E-state index contributed by atoms with van der Waals surface area (Å²) < 4.78 is 44.6. The number of anilines is 2. The van der Waals surface area contributed by atoms with Crippen molar-refractivity contribution in [1.82, 2.24) is 0 Å². The van der Waals surface area contributed by atoms with E-state index in [1.54, 1.807) is 6.92 Å². The van der Waals surface area contributed by atoms with Crippen LogP contribution in [0.1, 0.15) is 177 Å². The van der Waals surface area contributed by atoms with Crippen LogP contribution in [0.15, 0.2) is 144 Å². The van der Waals surface area contributed by atoms with Gasteiger partial charge < -0.3 is 19.1 Å². The number of unbranched alkanes of at least 4 members (excludes halogenated alkanes) is 9. The van der Waals surface area contributed by atoms with E-state index in [2.05, 4.69) is 249 Å². The van der Waals surface area contributed by atoms with Crippen molar-refractivity contribution < 1.29 is 51.8 Å². The zero-order valence-corrected chi connectivity index (χ0v) is 56.2. The fourth-order valence-electron chi connectivity index (χ4n) is 12.3. The second-order valence-electron chi connectivity index (χ2n) is 23.5. The van der Waals surface area contributed by atoms with Crippen LogP contribution in [0.3, 0.4) is 0 Å². The summed E-state index contributed by atoms with van der Waals surface area (Å²) in [6, 6.07) is 35.4. The number of fused-ring (bicyclic) bond motifs is 6. The molecule has 88 heavy (non-hydrogen) atoms. The van der Waals surface area contributed by atoms with Gasteiger partial charge in [0.25, 0.3) is 0 Å². The molecule has 0 fully saturated rings. The van der Waals surface area contributed by atoms with E-state index >= 15 is 0 Å². The Labute approximate surface area is 552 Å². The number of hydrogen-bond acceptors (Lipinski definition) is 6. The largest absolute Gasteiger partial charge is 1.00 e. The number of ether oxygens (including phenoxy) is 1. The Kier molecular flexibility index (Phi) is 29.2. The average molecular weight is 1200 g/mol. The standard InChI is InChI=1S/C65H83N3O4S.C13H4.CH4.Na/c1-8-11-14-21-44-66(45-22-15-12-9-2)53-36-38-54(39-37-53)72-63-51(34-42-59-64(4,5)61-55-30-18-16-26-49(55)32-40-57(61)67(59)46-20-13-10-3)28-25-29-52(63)35-43-60-65(6,7)62-56-31-19-17-27-50(56)33-41-58(62)68(60)47-23-24-48-73(69,70)71;1-3-5-7-9-11-13-12-10-8-6-4-2;;/h16-19,26-27,30-43H,8-15,20-25,28-29,44-48H2,1-7H3;1H,2H3;1H4;/q;;;+1. The van der Waals surface area contributed by atoms with Gasteiger partial charge in [-0.3, -0.25) is 0 Å². The van der Waals surface area contributed by atoms with Crippen molar-refractivity contribution in [2.75, 3.05) is 41.7 Å². The Morgan fingerprint density at radius 1 is 0.648 bits per heavy atom. The van der Waals surface area contributed by atoms with Crippen LogP contribution >= 0.6 is 0 Å². The summed E-state index contributed by atoms with van der Waals surface area (Å²) in [7, 11) is -4.30. The molecule has 452 valence electrons. The third-order valence-corrected chi connectivity index (χ3v) is 17.4. The SMILES string of the molecule is C.C#CC#CC#CC#CC#CC#CC.CCCCCCN(CCCCCC)c1ccc(OC2=C(/C=C/C3=[N+](CCCCS(=O)(=O)[O-])c4ccc5ccccc5c4C3(C)C)CCC/C2=C\C=C2\N(CCCCC)c3ccc4ccccc4c3C2(C)C)cc1.[Na+]. The van der Waals surface area contributed by atoms with E-state index in [4.69, 9.17) is 11.2 Å². The first-order valence-corrected chi connectivity index (χ1v) is 32.9. The van der Waals surface area contributed by atoms with Crippen LogP contribution in [0.2, 0.25) is 0 Å². The molecule has 0 saturated carbocycles. The molecule has 2 heterocycles. The molecule has 0 bridgehead atoms. The molecule has 0 spiro atoms. The molecule has 8 rings (SSSR count). The van der Waals surface area contributed by atoms with E-state index < -0.39 is 10.1 Å². The van der Waals surface area contributed by atoms with Crippen molar-refractivity contribution in [1.29, 1.82) is 0 Å². The second-order valence-corrected chi connectivity index (χ2v) is 25.0. The predicted octanol–water partition coefficient (Wildman–Crippen LogP) is 14.8. The van der Waals surface area contributed by atoms with E-state index in [1.165, 1.54) is 120 Å². The molecule has 9 heteroatoms. The predicted molar refractivity (Wildman–Crippen MR) is 368 cm³/mol. The maximum atomic E-state index is 11.7. The van der Waals surface area contributed by atoms with Gasteiger partial charge >= 0.3 is 29.6 Å². The molecule has 0 amide bonds. The number of nitrogens with zero attached hydrogens (tertiary/aromatic N) is 3. The molecular weight excluding hydrogens is 1110 g/mol. The molecule has 0 atom stereocenters. The number of hydrogen-bond donors (Lipinski definition) is 0. The first-order valence-electron chi connectivity index (χ1n) is 31.3. The van der Waals surface area contributed by atoms with Crippen molar-refractivity contribution in [3.63, 3.8) is 0 Å². The summed E-state index contributed by atoms with van der Waals surface area (Å²) in [6.45, 7) is 21.7. The minimum atomic E-state index is -4.30. The van der Waals surface area contributed by atoms with Gasteiger partial charge in [0.05, 0.1) is 15.5 Å². The molecule has 0 unspecified atom stereocenters. The van der Waals surface area contributed by atoms with Gasteiger partial charge in [-0.15, -0.1) is 6.42 Å². The summed E-state index contributed by atoms with van der Waals surface area (Å²) >= 11 is 0. The van der Waals surface area contributed by atoms with Crippen LogP contribution in [0, 0.1) is 71.5 Å². The molecule has 5 aromatic rings. The van der Waals surface area contributed by atoms with Crippen LogP contribution in [0.25, 0.3) is 21.5 Å². The molecule has 3 aliphatic rings. The van der Waals surface area contributed by atoms with Crippen LogP contribution < -0.4 is 44.1 Å². The topological polar surface area (TPSA) is 75.9 Å². The first kappa shape index (κ1) is 71.7. The fourth-order valence-corrected chi connectivity index (χ4v) is 12.9. The number of terminal acetylenes is 1.